The average molecular weight is 485 g/mol. The molecule has 0 bridgehead atoms. The Morgan fingerprint density at radius 3 is 2.68 bits per heavy atom. The quantitative estimate of drug-likeness (QED) is 0.567. The van der Waals surface area contributed by atoms with E-state index >= 15 is 4.39 Å². The molecule has 2 fully saturated rings. The van der Waals surface area contributed by atoms with E-state index < -0.39 is 5.97 Å². The summed E-state index contributed by atoms with van der Waals surface area (Å²) in [6.07, 6.45) is 2.27. The fourth-order valence-corrected chi connectivity index (χ4v) is 6.78. The minimum atomic E-state index is -0.707. The first-order valence-corrected chi connectivity index (χ1v) is 12.7. The van der Waals surface area contributed by atoms with Crippen LogP contribution in [-0.2, 0) is 10.2 Å². The Balaban J connectivity index is 1.64. The van der Waals surface area contributed by atoms with Crippen LogP contribution in [0.4, 0.5) is 10.1 Å². The van der Waals surface area contributed by atoms with E-state index in [1.165, 1.54) is 16.8 Å². The zero-order valence-corrected chi connectivity index (χ0v) is 21.1. The van der Waals surface area contributed by atoms with Crippen molar-refractivity contribution in [1.82, 2.24) is 5.32 Å². The number of hydrogen-bond acceptors (Lipinski definition) is 3. The van der Waals surface area contributed by atoms with Crippen LogP contribution in [0.2, 0.25) is 5.02 Å². The average Bonchev–Trinajstić information content (AvgIpc) is 3.21. The van der Waals surface area contributed by atoms with Gasteiger partial charge in [0.15, 0.2) is 0 Å². The molecule has 2 aliphatic heterocycles. The van der Waals surface area contributed by atoms with Crippen LogP contribution >= 0.6 is 11.6 Å². The van der Waals surface area contributed by atoms with Crippen molar-refractivity contribution in [2.45, 2.75) is 70.4 Å². The van der Waals surface area contributed by atoms with Gasteiger partial charge in [-0.1, -0.05) is 56.6 Å². The molecule has 0 aromatic heterocycles. The molecule has 1 saturated carbocycles. The monoisotopic (exact) mass is 484 g/mol. The van der Waals surface area contributed by atoms with Crippen molar-refractivity contribution >= 4 is 23.3 Å². The minimum absolute atomic E-state index is 0.0691. The summed E-state index contributed by atoms with van der Waals surface area (Å²) in [6.45, 7) is 10.3. The molecule has 6 heteroatoms. The maximum atomic E-state index is 15.4. The van der Waals surface area contributed by atoms with Gasteiger partial charge in [0.1, 0.15) is 5.82 Å². The van der Waals surface area contributed by atoms with Gasteiger partial charge >= 0.3 is 5.97 Å². The number of carboxylic acid groups (broad SMARTS) is 1. The van der Waals surface area contributed by atoms with Crippen molar-refractivity contribution in [1.29, 1.82) is 0 Å². The third-order valence-electron chi connectivity index (χ3n) is 8.28. The highest BCUT2D eigenvalue weighted by molar-refractivity contribution is 6.30. The van der Waals surface area contributed by atoms with E-state index in [1.54, 1.807) is 6.07 Å². The number of rotatable bonds is 4. The molecular weight excluding hydrogens is 451 g/mol. The van der Waals surface area contributed by atoms with E-state index in [4.69, 9.17) is 11.6 Å². The number of fused-ring (bicyclic) bond motifs is 2. The van der Waals surface area contributed by atoms with E-state index in [-0.39, 0.29) is 45.6 Å². The van der Waals surface area contributed by atoms with Gasteiger partial charge in [0.2, 0.25) is 0 Å². The predicted octanol–water partition coefficient (Wildman–Crippen LogP) is 5.90. The Bertz CT molecular complexity index is 1120. The largest absolute Gasteiger partial charge is 0.481 e. The standard InChI is InChI=1S/C28H34ClFN2O2/c1-16-8-9-20-23(10-16)32(18-11-17(12-18)26(33)34)15-28(20)21(14-31-24(28)13-27(2,3)4)19-6-5-7-22(29)25(19)30/h5-10,17-18,21,24,31H,11-15H2,1-4H3,(H,33,34)/t17-,18+,21-,24+,28-/m1/s1. The van der Waals surface area contributed by atoms with E-state index in [0.29, 0.717) is 24.9 Å². The summed E-state index contributed by atoms with van der Waals surface area (Å²) in [5, 5.41) is 13.4. The van der Waals surface area contributed by atoms with Gasteiger partial charge in [-0.3, -0.25) is 4.79 Å². The molecule has 5 rings (SSSR count). The van der Waals surface area contributed by atoms with Gasteiger partial charge in [0.25, 0.3) is 0 Å². The van der Waals surface area contributed by atoms with Crippen molar-refractivity contribution in [3.05, 3.63) is 63.9 Å². The maximum Gasteiger partial charge on any atom is 0.306 e. The Morgan fingerprint density at radius 1 is 1.26 bits per heavy atom. The highest BCUT2D eigenvalue weighted by atomic mass is 35.5. The molecule has 0 unspecified atom stereocenters. The zero-order chi connectivity index (χ0) is 24.4. The first kappa shape index (κ1) is 23.6. The van der Waals surface area contributed by atoms with Crippen molar-refractivity contribution in [3.8, 4) is 0 Å². The van der Waals surface area contributed by atoms with E-state index in [1.807, 2.05) is 12.1 Å². The summed E-state index contributed by atoms with van der Waals surface area (Å²) >= 11 is 6.25. The van der Waals surface area contributed by atoms with E-state index in [2.05, 4.69) is 56.1 Å². The van der Waals surface area contributed by atoms with Crippen LogP contribution in [0.15, 0.2) is 36.4 Å². The molecule has 3 aliphatic rings. The highest BCUT2D eigenvalue weighted by Crippen LogP contribution is 2.57. The third-order valence-corrected chi connectivity index (χ3v) is 8.58. The second kappa shape index (κ2) is 8.23. The lowest BCUT2D eigenvalue weighted by Gasteiger charge is -2.44. The van der Waals surface area contributed by atoms with Crippen molar-refractivity contribution in [3.63, 3.8) is 0 Å². The SMILES string of the molecule is Cc1ccc2c(c1)N([C@H]1C[C@@H](C(=O)O)C1)C[C@@]21[C@H](CC(C)(C)C)NC[C@@H]1c1cccc(Cl)c1F. The number of aryl methyl sites for hydroxylation is 1. The molecule has 34 heavy (non-hydrogen) atoms. The van der Waals surface area contributed by atoms with Crippen LogP contribution in [-0.4, -0.2) is 36.2 Å². The smallest absolute Gasteiger partial charge is 0.306 e. The van der Waals surface area contributed by atoms with E-state index in [0.717, 1.165) is 13.0 Å². The number of carbonyl (C=O) groups is 1. The van der Waals surface area contributed by atoms with Crippen molar-refractivity contribution in [2.75, 3.05) is 18.0 Å². The molecular formula is C28H34ClFN2O2. The topological polar surface area (TPSA) is 52.6 Å². The molecule has 1 aliphatic carbocycles. The van der Waals surface area contributed by atoms with Gasteiger partial charge in [-0.2, -0.15) is 0 Å². The number of anilines is 1. The fraction of sp³-hybridized carbons (Fsp3) is 0.536. The predicted molar refractivity (Wildman–Crippen MR) is 134 cm³/mol. The van der Waals surface area contributed by atoms with Gasteiger partial charge in [0.05, 0.1) is 10.9 Å². The molecule has 1 saturated heterocycles. The first-order valence-electron chi connectivity index (χ1n) is 12.3. The molecule has 1 spiro atoms. The number of aliphatic carboxylic acids is 1. The van der Waals surface area contributed by atoms with Gasteiger partial charge in [0, 0.05) is 42.2 Å². The normalized spacial score (nSPS) is 30.5. The van der Waals surface area contributed by atoms with Crippen LogP contribution in [0, 0.1) is 24.1 Å². The summed E-state index contributed by atoms with van der Waals surface area (Å²) in [6, 6.07) is 12.3. The van der Waals surface area contributed by atoms with E-state index in [9.17, 15) is 9.90 Å². The first-order chi connectivity index (χ1) is 16.0. The summed E-state index contributed by atoms with van der Waals surface area (Å²) in [5.41, 5.74) is 4.05. The number of nitrogens with one attached hydrogen (secondary N) is 1. The van der Waals surface area contributed by atoms with Crippen LogP contribution < -0.4 is 10.2 Å². The molecule has 2 aromatic rings. The lowest BCUT2D eigenvalue weighted by Crippen LogP contribution is -2.52. The molecule has 2 heterocycles. The maximum absolute atomic E-state index is 15.4. The Morgan fingerprint density at radius 2 is 2.00 bits per heavy atom. The summed E-state index contributed by atoms with van der Waals surface area (Å²) < 4.78 is 15.4. The van der Waals surface area contributed by atoms with Gasteiger partial charge < -0.3 is 15.3 Å². The molecule has 4 nitrogen and oxygen atoms in total. The van der Waals surface area contributed by atoms with Gasteiger partial charge in [-0.05, 0) is 60.4 Å². The van der Waals surface area contributed by atoms with Crippen LogP contribution in [0.5, 0.6) is 0 Å². The molecule has 0 radical (unpaired) electrons. The fourth-order valence-electron chi connectivity index (χ4n) is 6.60. The second-order valence-electron chi connectivity index (χ2n) is 11.8. The summed E-state index contributed by atoms with van der Waals surface area (Å²) in [4.78, 5) is 14.0. The molecule has 0 amide bonds. The zero-order valence-electron chi connectivity index (χ0n) is 20.4. The number of halogens is 2. The van der Waals surface area contributed by atoms with Crippen LogP contribution in [0.25, 0.3) is 0 Å². The lowest BCUT2D eigenvalue weighted by atomic mass is 9.64. The minimum Gasteiger partial charge on any atom is -0.481 e. The molecule has 2 aromatic carbocycles. The highest BCUT2D eigenvalue weighted by Gasteiger charge is 2.59. The summed E-state index contributed by atoms with van der Waals surface area (Å²) in [7, 11) is 0. The molecule has 3 atom stereocenters. The van der Waals surface area contributed by atoms with Crippen molar-refractivity contribution < 1.29 is 14.3 Å². The van der Waals surface area contributed by atoms with Crippen LogP contribution in [0.3, 0.4) is 0 Å². The molecule has 182 valence electrons. The third kappa shape index (κ3) is 3.72. The Kier molecular flexibility index (Phi) is 5.72. The number of carboxylic acids is 1. The summed E-state index contributed by atoms with van der Waals surface area (Å²) in [5.74, 6) is -1.38. The number of nitrogens with zero attached hydrogens (tertiary/aromatic N) is 1. The van der Waals surface area contributed by atoms with Gasteiger partial charge in [-0.15, -0.1) is 0 Å². The Hall–Kier alpha value is -2.11. The van der Waals surface area contributed by atoms with Crippen molar-refractivity contribution in [2.24, 2.45) is 11.3 Å². The lowest BCUT2D eigenvalue weighted by molar-refractivity contribution is -0.145. The number of hydrogen-bond donors (Lipinski definition) is 2. The van der Waals surface area contributed by atoms with Crippen LogP contribution in [0.1, 0.15) is 62.6 Å². The van der Waals surface area contributed by atoms with Gasteiger partial charge in [-0.25, -0.2) is 4.39 Å². The second-order valence-corrected chi connectivity index (χ2v) is 12.2. The molecule has 2 N–H and O–H groups in total. The Labute approximate surface area is 206 Å². The number of benzene rings is 2.